The van der Waals surface area contributed by atoms with Gasteiger partial charge in [0, 0.05) is 12.7 Å². The molecule has 116 valence electrons. The lowest BCUT2D eigenvalue weighted by molar-refractivity contribution is -0.143. The van der Waals surface area contributed by atoms with Crippen molar-refractivity contribution in [2.75, 3.05) is 12.0 Å². The van der Waals surface area contributed by atoms with Gasteiger partial charge in [-0.25, -0.2) is 4.79 Å². The third kappa shape index (κ3) is 2.56. The third-order valence-corrected chi connectivity index (χ3v) is 4.14. The Labute approximate surface area is 129 Å². The molecule has 0 spiro atoms. The molecule has 2 atom stereocenters. The van der Waals surface area contributed by atoms with E-state index in [1.807, 2.05) is 18.2 Å². The SMILES string of the molecule is COC(=O)[C@@H]1[C@H](C)Cc2ccccc2N1Cc1cnn(C)n1. The van der Waals surface area contributed by atoms with Crippen LogP contribution in [0.15, 0.2) is 30.5 Å². The summed E-state index contributed by atoms with van der Waals surface area (Å²) in [7, 11) is 3.23. The van der Waals surface area contributed by atoms with Gasteiger partial charge < -0.3 is 9.64 Å². The molecule has 22 heavy (non-hydrogen) atoms. The van der Waals surface area contributed by atoms with Crippen molar-refractivity contribution in [2.24, 2.45) is 13.0 Å². The number of anilines is 1. The Hall–Kier alpha value is -2.37. The minimum Gasteiger partial charge on any atom is -0.467 e. The summed E-state index contributed by atoms with van der Waals surface area (Å²) >= 11 is 0. The Morgan fingerprint density at radius 2 is 2.18 bits per heavy atom. The number of carbonyl (C=O) groups excluding carboxylic acids is 1. The summed E-state index contributed by atoms with van der Waals surface area (Å²) in [6.45, 7) is 2.62. The number of fused-ring (bicyclic) bond motifs is 1. The molecule has 6 heteroatoms. The number of methoxy groups -OCH3 is 1. The monoisotopic (exact) mass is 300 g/mol. The van der Waals surface area contributed by atoms with Gasteiger partial charge in [0.1, 0.15) is 11.7 Å². The average molecular weight is 300 g/mol. The van der Waals surface area contributed by atoms with Crippen molar-refractivity contribution in [3.8, 4) is 0 Å². The molecule has 0 saturated heterocycles. The normalized spacial score (nSPS) is 20.6. The van der Waals surface area contributed by atoms with E-state index >= 15 is 0 Å². The molecule has 1 aliphatic rings. The van der Waals surface area contributed by atoms with Gasteiger partial charge in [-0.15, -0.1) is 0 Å². The minimum atomic E-state index is -0.304. The lowest BCUT2D eigenvalue weighted by atomic mass is 9.86. The number of para-hydroxylation sites is 1. The van der Waals surface area contributed by atoms with Crippen LogP contribution in [0.1, 0.15) is 18.2 Å². The molecule has 0 bridgehead atoms. The zero-order valence-corrected chi connectivity index (χ0v) is 13.1. The first-order chi connectivity index (χ1) is 10.6. The fourth-order valence-electron chi connectivity index (χ4n) is 3.18. The molecule has 0 amide bonds. The highest BCUT2D eigenvalue weighted by molar-refractivity contribution is 5.82. The van der Waals surface area contributed by atoms with Crippen molar-refractivity contribution in [1.29, 1.82) is 0 Å². The number of carbonyl (C=O) groups is 1. The first kappa shape index (κ1) is 14.6. The second kappa shape index (κ2) is 5.79. The predicted molar refractivity (Wildman–Crippen MR) is 82.3 cm³/mol. The van der Waals surface area contributed by atoms with Crippen LogP contribution in [0.4, 0.5) is 5.69 Å². The van der Waals surface area contributed by atoms with E-state index in [9.17, 15) is 4.79 Å². The molecule has 1 aromatic heterocycles. The summed E-state index contributed by atoms with van der Waals surface area (Å²) in [4.78, 5) is 15.9. The summed E-state index contributed by atoms with van der Waals surface area (Å²) < 4.78 is 5.03. The second-order valence-corrected chi connectivity index (χ2v) is 5.73. The van der Waals surface area contributed by atoms with E-state index in [-0.39, 0.29) is 17.9 Å². The number of hydrogen-bond donors (Lipinski definition) is 0. The number of aryl methyl sites for hydroxylation is 1. The molecule has 3 rings (SSSR count). The maximum atomic E-state index is 12.3. The van der Waals surface area contributed by atoms with E-state index in [1.165, 1.54) is 17.5 Å². The molecule has 0 N–H and O–H groups in total. The van der Waals surface area contributed by atoms with Crippen LogP contribution in [0.25, 0.3) is 0 Å². The van der Waals surface area contributed by atoms with Crippen molar-refractivity contribution >= 4 is 11.7 Å². The van der Waals surface area contributed by atoms with E-state index in [1.54, 1.807) is 13.2 Å². The van der Waals surface area contributed by atoms with Gasteiger partial charge in [0.05, 0.1) is 19.9 Å². The number of benzene rings is 1. The lowest BCUT2D eigenvalue weighted by Crippen LogP contribution is -2.49. The minimum absolute atomic E-state index is 0.180. The average Bonchev–Trinajstić information content (AvgIpc) is 2.92. The van der Waals surface area contributed by atoms with Crippen molar-refractivity contribution < 1.29 is 9.53 Å². The third-order valence-electron chi connectivity index (χ3n) is 4.14. The molecule has 1 aromatic carbocycles. The van der Waals surface area contributed by atoms with E-state index in [0.717, 1.165) is 17.8 Å². The molecule has 2 aromatic rings. The molecule has 2 heterocycles. The smallest absolute Gasteiger partial charge is 0.328 e. The van der Waals surface area contributed by atoms with Gasteiger partial charge in [0.25, 0.3) is 0 Å². The molecule has 0 saturated carbocycles. The fourth-order valence-corrected chi connectivity index (χ4v) is 3.18. The molecule has 6 nitrogen and oxygen atoms in total. The van der Waals surface area contributed by atoms with Gasteiger partial charge >= 0.3 is 5.97 Å². The van der Waals surface area contributed by atoms with Crippen LogP contribution < -0.4 is 4.90 Å². The van der Waals surface area contributed by atoms with E-state index in [4.69, 9.17) is 4.74 Å². The molecular weight excluding hydrogens is 280 g/mol. The van der Waals surface area contributed by atoms with Gasteiger partial charge in [-0.05, 0) is 24.0 Å². The van der Waals surface area contributed by atoms with Crippen molar-refractivity contribution in [2.45, 2.75) is 25.9 Å². The molecular formula is C16H20N4O2. The Morgan fingerprint density at radius 1 is 1.41 bits per heavy atom. The van der Waals surface area contributed by atoms with Gasteiger partial charge in [0.15, 0.2) is 0 Å². The maximum Gasteiger partial charge on any atom is 0.328 e. The summed E-state index contributed by atoms with van der Waals surface area (Å²) in [6.07, 6.45) is 2.60. The van der Waals surface area contributed by atoms with Gasteiger partial charge in [-0.2, -0.15) is 15.0 Å². The quantitative estimate of drug-likeness (QED) is 0.805. The van der Waals surface area contributed by atoms with Gasteiger partial charge in [0.2, 0.25) is 0 Å². The van der Waals surface area contributed by atoms with Crippen LogP contribution in [-0.2, 0) is 29.5 Å². The van der Waals surface area contributed by atoms with E-state index in [0.29, 0.717) is 6.54 Å². The van der Waals surface area contributed by atoms with Crippen molar-refractivity contribution in [1.82, 2.24) is 15.0 Å². The zero-order chi connectivity index (χ0) is 15.7. The predicted octanol–water partition coefficient (Wildman–Crippen LogP) is 1.56. The zero-order valence-electron chi connectivity index (χ0n) is 13.1. The first-order valence-electron chi connectivity index (χ1n) is 7.37. The molecule has 0 radical (unpaired) electrons. The highest BCUT2D eigenvalue weighted by atomic mass is 16.5. The Balaban J connectivity index is 2.00. The highest BCUT2D eigenvalue weighted by Gasteiger charge is 2.37. The number of aromatic nitrogens is 3. The number of hydrogen-bond acceptors (Lipinski definition) is 5. The molecule has 0 aliphatic carbocycles. The summed E-state index contributed by atoms with van der Waals surface area (Å²) in [6, 6.07) is 7.88. The summed E-state index contributed by atoms with van der Waals surface area (Å²) in [5, 5.41) is 8.44. The number of esters is 1. The van der Waals surface area contributed by atoms with Crippen LogP contribution in [-0.4, -0.2) is 34.1 Å². The molecule has 0 fully saturated rings. The largest absolute Gasteiger partial charge is 0.467 e. The summed E-state index contributed by atoms with van der Waals surface area (Å²) in [5.74, 6) is -0.0232. The van der Waals surface area contributed by atoms with Crippen LogP contribution in [0.5, 0.6) is 0 Å². The van der Waals surface area contributed by atoms with Crippen LogP contribution in [0, 0.1) is 5.92 Å². The molecule has 0 unspecified atom stereocenters. The second-order valence-electron chi connectivity index (χ2n) is 5.73. The lowest BCUT2D eigenvalue weighted by Gasteiger charge is -2.40. The Bertz CT molecular complexity index is 682. The summed E-state index contributed by atoms with van der Waals surface area (Å²) in [5.41, 5.74) is 3.15. The van der Waals surface area contributed by atoms with E-state index < -0.39 is 0 Å². The Kier molecular flexibility index (Phi) is 3.83. The number of rotatable bonds is 3. The van der Waals surface area contributed by atoms with Crippen molar-refractivity contribution in [3.63, 3.8) is 0 Å². The van der Waals surface area contributed by atoms with Crippen LogP contribution in [0.2, 0.25) is 0 Å². The fraction of sp³-hybridized carbons (Fsp3) is 0.438. The first-order valence-corrected chi connectivity index (χ1v) is 7.37. The highest BCUT2D eigenvalue weighted by Crippen LogP contribution is 2.35. The Morgan fingerprint density at radius 3 is 2.86 bits per heavy atom. The van der Waals surface area contributed by atoms with Gasteiger partial charge in [-0.3, -0.25) is 0 Å². The molecule has 1 aliphatic heterocycles. The van der Waals surface area contributed by atoms with Crippen LogP contribution in [0.3, 0.4) is 0 Å². The maximum absolute atomic E-state index is 12.3. The standard InChI is InChI=1S/C16H20N4O2/c1-11-8-12-6-4-5-7-14(12)20(15(11)16(21)22-3)10-13-9-17-19(2)18-13/h4-7,9,11,15H,8,10H2,1-3H3/t11-,15+/m1/s1. The van der Waals surface area contributed by atoms with E-state index in [2.05, 4.69) is 28.1 Å². The number of nitrogens with zero attached hydrogens (tertiary/aromatic N) is 4. The van der Waals surface area contributed by atoms with Gasteiger partial charge in [-0.1, -0.05) is 25.1 Å². The van der Waals surface area contributed by atoms with Crippen LogP contribution >= 0.6 is 0 Å². The topological polar surface area (TPSA) is 60.2 Å². The number of ether oxygens (including phenoxy) is 1. The van der Waals surface area contributed by atoms with Crippen molar-refractivity contribution in [3.05, 3.63) is 41.7 Å².